The van der Waals surface area contributed by atoms with Gasteiger partial charge >= 0.3 is 0 Å². The van der Waals surface area contributed by atoms with Crippen molar-refractivity contribution in [2.75, 3.05) is 25.5 Å². The van der Waals surface area contributed by atoms with Gasteiger partial charge in [0.15, 0.2) is 5.13 Å². The molecular formula is C16H22N4O2S2. The third-order valence-electron chi connectivity index (χ3n) is 3.49. The number of thiazole rings is 1. The summed E-state index contributed by atoms with van der Waals surface area (Å²) in [7, 11) is 1.77. The molecular weight excluding hydrogens is 344 g/mol. The largest absolute Gasteiger partial charge is 0.345 e. The number of aromatic nitrogens is 1. The highest BCUT2D eigenvalue weighted by Gasteiger charge is 2.22. The summed E-state index contributed by atoms with van der Waals surface area (Å²) in [6.45, 7) is 5.16. The van der Waals surface area contributed by atoms with E-state index >= 15 is 0 Å². The fraction of sp³-hybridized carbons (Fsp3) is 0.438. The van der Waals surface area contributed by atoms with Gasteiger partial charge in [0.25, 0.3) is 5.91 Å². The normalized spacial score (nSPS) is 11.3. The average Bonchev–Trinajstić information content (AvgIpc) is 3.18. The van der Waals surface area contributed by atoms with Gasteiger partial charge in [0, 0.05) is 19.0 Å². The van der Waals surface area contributed by atoms with Crippen molar-refractivity contribution in [1.82, 2.24) is 9.88 Å². The van der Waals surface area contributed by atoms with Crippen LogP contribution in [0.4, 0.5) is 5.13 Å². The van der Waals surface area contributed by atoms with Crippen molar-refractivity contribution in [1.29, 1.82) is 0 Å². The first kappa shape index (κ1) is 18.6. The molecule has 0 aromatic carbocycles. The summed E-state index contributed by atoms with van der Waals surface area (Å²) in [4.78, 5) is 30.9. The Morgan fingerprint density at radius 2 is 2.12 bits per heavy atom. The SMILES string of the molecule is CN(CC(C)(C)CN)C(=O)Cc1csc(NC(=O)c2cccs2)n1. The Balaban J connectivity index is 1.91. The number of nitrogens with two attached hydrogens (primary N) is 1. The summed E-state index contributed by atoms with van der Waals surface area (Å²) in [5, 5.41) is 6.90. The maximum absolute atomic E-state index is 12.3. The smallest absolute Gasteiger partial charge is 0.267 e. The molecule has 2 rings (SSSR count). The van der Waals surface area contributed by atoms with Gasteiger partial charge in [-0.05, 0) is 23.4 Å². The Morgan fingerprint density at radius 3 is 2.75 bits per heavy atom. The van der Waals surface area contributed by atoms with Crippen molar-refractivity contribution in [3.8, 4) is 0 Å². The zero-order valence-electron chi connectivity index (χ0n) is 14.0. The van der Waals surface area contributed by atoms with E-state index in [0.717, 1.165) is 0 Å². The topological polar surface area (TPSA) is 88.3 Å². The van der Waals surface area contributed by atoms with Gasteiger partial charge < -0.3 is 10.6 Å². The van der Waals surface area contributed by atoms with Gasteiger partial charge in [-0.15, -0.1) is 22.7 Å². The predicted molar refractivity (Wildman–Crippen MR) is 98.6 cm³/mol. The van der Waals surface area contributed by atoms with Crippen LogP contribution in [-0.2, 0) is 11.2 Å². The lowest BCUT2D eigenvalue weighted by molar-refractivity contribution is -0.130. The zero-order chi connectivity index (χ0) is 17.7. The van der Waals surface area contributed by atoms with Gasteiger partial charge in [-0.3, -0.25) is 14.9 Å². The maximum Gasteiger partial charge on any atom is 0.267 e. The Labute approximate surface area is 149 Å². The lowest BCUT2D eigenvalue weighted by Gasteiger charge is -2.28. The molecule has 2 amide bonds. The van der Waals surface area contributed by atoms with Gasteiger partial charge in [-0.25, -0.2) is 4.98 Å². The van der Waals surface area contributed by atoms with E-state index in [-0.39, 0.29) is 23.7 Å². The summed E-state index contributed by atoms with van der Waals surface area (Å²) >= 11 is 2.69. The van der Waals surface area contributed by atoms with Gasteiger partial charge in [-0.1, -0.05) is 19.9 Å². The number of hydrogen-bond acceptors (Lipinski definition) is 6. The number of amides is 2. The molecule has 3 N–H and O–H groups in total. The first-order valence-electron chi connectivity index (χ1n) is 7.54. The van der Waals surface area contributed by atoms with E-state index in [1.54, 1.807) is 23.4 Å². The molecule has 0 aliphatic heterocycles. The third kappa shape index (κ3) is 5.12. The highest BCUT2D eigenvalue weighted by molar-refractivity contribution is 7.14. The summed E-state index contributed by atoms with van der Waals surface area (Å²) in [5.74, 6) is -0.197. The molecule has 24 heavy (non-hydrogen) atoms. The molecule has 0 aliphatic rings. The van der Waals surface area contributed by atoms with Crippen LogP contribution >= 0.6 is 22.7 Å². The fourth-order valence-corrected chi connectivity index (χ4v) is 3.42. The number of nitrogens with zero attached hydrogens (tertiary/aromatic N) is 2. The van der Waals surface area contributed by atoms with Crippen molar-refractivity contribution in [2.24, 2.45) is 11.1 Å². The highest BCUT2D eigenvalue weighted by Crippen LogP contribution is 2.19. The quantitative estimate of drug-likeness (QED) is 0.788. The Kier molecular flexibility index (Phi) is 6.09. The molecule has 0 unspecified atom stereocenters. The van der Waals surface area contributed by atoms with Crippen molar-refractivity contribution < 1.29 is 9.59 Å². The molecule has 0 spiro atoms. The molecule has 0 saturated heterocycles. The number of carbonyl (C=O) groups is 2. The van der Waals surface area contributed by atoms with Crippen LogP contribution < -0.4 is 11.1 Å². The fourth-order valence-electron chi connectivity index (χ4n) is 2.10. The molecule has 0 bridgehead atoms. The van der Waals surface area contributed by atoms with Crippen LogP contribution in [0.1, 0.15) is 29.2 Å². The van der Waals surface area contributed by atoms with E-state index in [1.165, 1.54) is 22.7 Å². The Morgan fingerprint density at radius 1 is 1.38 bits per heavy atom. The molecule has 0 atom stereocenters. The number of hydrogen-bond donors (Lipinski definition) is 2. The maximum atomic E-state index is 12.3. The summed E-state index contributed by atoms with van der Waals surface area (Å²) < 4.78 is 0. The number of likely N-dealkylation sites (N-methyl/N-ethyl adjacent to an activating group) is 1. The van der Waals surface area contributed by atoms with E-state index in [9.17, 15) is 9.59 Å². The Bertz CT molecular complexity index is 695. The molecule has 0 radical (unpaired) electrons. The molecule has 2 aromatic heterocycles. The minimum atomic E-state index is -0.181. The van der Waals surface area contributed by atoms with Crippen molar-refractivity contribution in [2.45, 2.75) is 20.3 Å². The average molecular weight is 367 g/mol. The second-order valence-corrected chi connectivity index (χ2v) is 8.18. The van der Waals surface area contributed by atoms with Crippen molar-refractivity contribution in [3.63, 3.8) is 0 Å². The first-order valence-corrected chi connectivity index (χ1v) is 9.30. The van der Waals surface area contributed by atoms with Crippen LogP contribution in [0.25, 0.3) is 0 Å². The van der Waals surface area contributed by atoms with Crippen LogP contribution in [0.3, 0.4) is 0 Å². The second kappa shape index (κ2) is 7.87. The minimum Gasteiger partial charge on any atom is -0.345 e. The molecule has 6 nitrogen and oxygen atoms in total. The highest BCUT2D eigenvalue weighted by atomic mass is 32.1. The predicted octanol–water partition coefficient (Wildman–Crippen LogP) is 2.44. The van der Waals surface area contributed by atoms with E-state index in [1.807, 2.05) is 25.3 Å². The molecule has 2 aromatic rings. The minimum absolute atomic E-state index is 0.0158. The lowest BCUT2D eigenvalue weighted by atomic mass is 9.93. The van der Waals surface area contributed by atoms with Crippen LogP contribution in [0, 0.1) is 5.41 Å². The summed E-state index contributed by atoms with van der Waals surface area (Å²) in [5.41, 5.74) is 6.25. The summed E-state index contributed by atoms with van der Waals surface area (Å²) in [6, 6.07) is 3.58. The monoisotopic (exact) mass is 366 g/mol. The number of carbonyl (C=O) groups excluding carboxylic acids is 2. The number of nitrogens with one attached hydrogen (secondary N) is 1. The molecule has 8 heteroatoms. The molecule has 0 aliphatic carbocycles. The number of anilines is 1. The van der Waals surface area contributed by atoms with E-state index in [2.05, 4.69) is 10.3 Å². The van der Waals surface area contributed by atoms with Crippen LogP contribution in [0.15, 0.2) is 22.9 Å². The molecule has 0 fully saturated rings. The van der Waals surface area contributed by atoms with Gasteiger partial charge in [0.2, 0.25) is 5.91 Å². The second-order valence-electron chi connectivity index (χ2n) is 6.37. The van der Waals surface area contributed by atoms with Crippen molar-refractivity contribution >= 4 is 39.6 Å². The zero-order valence-corrected chi connectivity index (χ0v) is 15.7. The van der Waals surface area contributed by atoms with Crippen LogP contribution in [0.2, 0.25) is 0 Å². The van der Waals surface area contributed by atoms with Gasteiger partial charge in [0.05, 0.1) is 17.0 Å². The summed E-state index contributed by atoms with van der Waals surface area (Å²) in [6.07, 6.45) is 0.211. The molecule has 0 saturated carbocycles. The molecule has 130 valence electrons. The third-order valence-corrected chi connectivity index (χ3v) is 5.17. The van der Waals surface area contributed by atoms with E-state index in [0.29, 0.717) is 28.8 Å². The lowest BCUT2D eigenvalue weighted by Crippen LogP contribution is -2.40. The standard InChI is InChI=1S/C16H22N4O2S2/c1-16(2,9-17)10-20(3)13(21)7-11-8-24-15(18-11)19-14(22)12-5-4-6-23-12/h4-6,8H,7,9-10,17H2,1-3H3,(H,18,19,22). The first-order chi connectivity index (χ1) is 11.3. The molecule has 2 heterocycles. The van der Waals surface area contributed by atoms with Crippen LogP contribution in [-0.4, -0.2) is 41.8 Å². The number of rotatable bonds is 7. The van der Waals surface area contributed by atoms with E-state index < -0.39 is 0 Å². The van der Waals surface area contributed by atoms with Crippen LogP contribution in [0.5, 0.6) is 0 Å². The van der Waals surface area contributed by atoms with Gasteiger partial charge in [-0.2, -0.15) is 0 Å². The van der Waals surface area contributed by atoms with Crippen molar-refractivity contribution in [3.05, 3.63) is 33.5 Å². The van der Waals surface area contributed by atoms with E-state index in [4.69, 9.17) is 5.73 Å². The van der Waals surface area contributed by atoms with Gasteiger partial charge in [0.1, 0.15) is 0 Å². The Hall–Kier alpha value is -1.77. The number of thiophene rings is 1.